The Morgan fingerprint density at radius 1 is 1.38 bits per heavy atom. The average molecular weight is 178 g/mol. The minimum atomic E-state index is -0.0458. The normalized spacial score (nSPS) is 26.5. The van der Waals surface area contributed by atoms with E-state index >= 15 is 0 Å². The lowest BCUT2D eigenvalue weighted by molar-refractivity contribution is -0.152. The molecule has 0 spiro atoms. The second-order valence-corrected chi connectivity index (χ2v) is 3.65. The van der Waals surface area contributed by atoms with Gasteiger partial charge in [-0.05, 0) is 19.1 Å². The second kappa shape index (κ2) is 3.38. The van der Waals surface area contributed by atoms with Crippen LogP contribution in [0.3, 0.4) is 0 Å². The van der Waals surface area contributed by atoms with Crippen LogP contribution in [-0.2, 0) is 4.74 Å². The molecule has 0 amide bonds. The molecule has 1 saturated heterocycles. The van der Waals surface area contributed by atoms with Gasteiger partial charge in [-0.15, -0.1) is 0 Å². The number of ether oxygens (including phenoxy) is 2. The molecule has 70 valence electrons. The first kappa shape index (κ1) is 8.57. The van der Waals surface area contributed by atoms with Gasteiger partial charge < -0.3 is 9.47 Å². The molecule has 0 aliphatic carbocycles. The highest BCUT2D eigenvalue weighted by atomic mass is 16.6. The van der Waals surface area contributed by atoms with Crippen molar-refractivity contribution in [3.05, 3.63) is 30.3 Å². The molecule has 0 bridgehead atoms. The fourth-order valence-corrected chi connectivity index (χ4v) is 1.32. The van der Waals surface area contributed by atoms with Gasteiger partial charge in [-0.25, -0.2) is 0 Å². The summed E-state index contributed by atoms with van der Waals surface area (Å²) in [5.41, 5.74) is -0.0458. The summed E-state index contributed by atoms with van der Waals surface area (Å²) in [4.78, 5) is 0. The lowest BCUT2D eigenvalue weighted by atomic mass is 9.99. The number of hydrogen-bond donors (Lipinski definition) is 0. The summed E-state index contributed by atoms with van der Waals surface area (Å²) in [5, 5.41) is 0. The molecule has 0 saturated carbocycles. The zero-order valence-corrected chi connectivity index (χ0v) is 7.82. The predicted molar refractivity (Wildman–Crippen MR) is 50.9 cm³/mol. The van der Waals surface area contributed by atoms with E-state index in [1.54, 1.807) is 0 Å². The van der Waals surface area contributed by atoms with E-state index in [1.165, 1.54) is 0 Å². The van der Waals surface area contributed by atoms with Crippen molar-refractivity contribution in [3.8, 4) is 5.75 Å². The van der Waals surface area contributed by atoms with Crippen LogP contribution in [0.25, 0.3) is 0 Å². The van der Waals surface area contributed by atoms with Crippen molar-refractivity contribution < 1.29 is 9.47 Å². The number of benzene rings is 1. The van der Waals surface area contributed by atoms with Gasteiger partial charge in [0.05, 0.1) is 6.61 Å². The van der Waals surface area contributed by atoms with Crippen LogP contribution in [0, 0.1) is 0 Å². The van der Waals surface area contributed by atoms with Gasteiger partial charge in [0.1, 0.15) is 18.0 Å². The fraction of sp³-hybridized carbons (Fsp3) is 0.455. The van der Waals surface area contributed by atoms with Crippen LogP contribution in [0.1, 0.15) is 13.3 Å². The monoisotopic (exact) mass is 178 g/mol. The summed E-state index contributed by atoms with van der Waals surface area (Å²) in [7, 11) is 0. The molecule has 0 radical (unpaired) electrons. The molecule has 1 aliphatic heterocycles. The lowest BCUT2D eigenvalue weighted by Gasteiger charge is -2.38. The highest BCUT2D eigenvalue weighted by molar-refractivity contribution is 5.21. The van der Waals surface area contributed by atoms with Gasteiger partial charge in [-0.1, -0.05) is 18.2 Å². The lowest BCUT2D eigenvalue weighted by Crippen LogP contribution is -2.45. The van der Waals surface area contributed by atoms with E-state index in [1.807, 2.05) is 30.3 Å². The Labute approximate surface area is 78.5 Å². The molecule has 0 N–H and O–H groups in total. The molecule has 13 heavy (non-hydrogen) atoms. The first-order valence-electron chi connectivity index (χ1n) is 4.60. The van der Waals surface area contributed by atoms with Crippen molar-refractivity contribution in [2.24, 2.45) is 0 Å². The summed E-state index contributed by atoms with van der Waals surface area (Å²) < 4.78 is 11.0. The van der Waals surface area contributed by atoms with Crippen molar-refractivity contribution in [1.82, 2.24) is 0 Å². The first-order valence-corrected chi connectivity index (χ1v) is 4.60. The van der Waals surface area contributed by atoms with Gasteiger partial charge in [-0.2, -0.15) is 0 Å². The Bertz CT molecular complexity index is 265. The van der Waals surface area contributed by atoms with Crippen LogP contribution in [0.5, 0.6) is 5.75 Å². The third-order valence-electron chi connectivity index (χ3n) is 2.37. The maximum Gasteiger partial charge on any atom is 0.119 e. The third-order valence-corrected chi connectivity index (χ3v) is 2.37. The van der Waals surface area contributed by atoms with E-state index in [9.17, 15) is 0 Å². The Morgan fingerprint density at radius 3 is 2.62 bits per heavy atom. The fourth-order valence-electron chi connectivity index (χ4n) is 1.32. The Morgan fingerprint density at radius 2 is 2.08 bits per heavy atom. The van der Waals surface area contributed by atoms with Gasteiger partial charge >= 0.3 is 0 Å². The molecule has 1 aromatic rings. The van der Waals surface area contributed by atoms with Crippen molar-refractivity contribution in [3.63, 3.8) is 0 Å². The van der Waals surface area contributed by atoms with Crippen LogP contribution in [0.15, 0.2) is 30.3 Å². The van der Waals surface area contributed by atoms with Crippen LogP contribution < -0.4 is 4.74 Å². The molecule has 1 aromatic carbocycles. The zero-order valence-electron chi connectivity index (χ0n) is 7.82. The minimum Gasteiger partial charge on any atom is -0.491 e. The second-order valence-electron chi connectivity index (χ2n) is 3.65. The smallest absolute Gasteiger partial charge is 0.119 e. The average Bonchev–Trinajstić information content (AvgIpc) is 2.13. The maximum atomic E-state index is 5.59. The van der Waals surface area contributed by atoms with Crippen molar-refractivity contribution >= 4 is 0 Å². The van der Waals surface area contributed by atoms with Gasteiger partial charge in [0.25, 0.3) is 0 Å². The molecular weight excluding hydrogens is 164 g/mol. The van der Waals surface area contributed by atoms with E-state index in [0.717, 1.165) is 18.8 Å². The zero-order chi connectivity index (χ0) is 9.15. The van der Waals surface area contributed by atoms with E-state index in [4.69, 9.17) is 9.47 Å². The standard InChI is InChI=1S/C11H14O2/c1-11(7-8-13-11)9-12-10-5-3-2-4-6-10/h2-6H,7-9H2,1H3. The quantitative estimate of drug-likeness (QED) is 0.706. The molecule has 2 rings (SSSR count). The van der Waals surface area contributed by atoms with Gasteiger partial charge in [0, 0.05) is 6.42 Å². The molecule has 0 aromatic heterocycles. The molecular formula is C11H14O2. The summed E-state index contributed by atoms with van der Waals surface area (Å²) in [6, 6.07) is 9.84. The number of rotatable bonds is 3. The Balaban J connectivity index is 1.86. The molecule has 1 aliphatic rings. The van der Waals surface area contributed by atoms with Crippen LogP contribution in [0.2, 0.25) is 0 Å². The predicted octanol–water partition coefficient (Wildman–Crippen LogP) is 2.24. The minimum absolute atomic E-state index is 0.0458. The number of hydrogen-bond acceptors (Lipinski definition) is 2. The highest BCUT2D eigenvalue weighted by Crippen LogP contribution is 2.26. The molecule has 2 heteroatoms. The summed E-state index contributed by atoms with van der Waals surface area (Å²) >= 11 is 0. The van der Waals surface area contributed by atoms with Crippen molar-refractivity contribution in [2.75, 3.05) is 13.2 Å². The van der Waals surface area contributed by atoms with Gasteiger partial charge in [-0.3, -0.25) is 0 Å². The molecule has 2 nitrogen and oxygen atoms in total. The Kier molecular flexibility index (Phi) is 2.23. The van der Waals surface area contributed by atoms with Crippen molar-refractivity contribution in [1.29, 1.82) is 0 Å². The molecule has 1 heterocycles. The van der Waals surface area contributed by atoms with Crippen LogP contribution in [0.4, 0.5) is 0 Å². The Hall–Kier alpha value is -1.02. The largest absolute Gasteiger partial charge is 0.491 e. The van der Waals surface area contributed by atoms with E-state index in [2.05, 4.69) is 6.92 Å². The SMILES string of the molecule is CC1(COc2ccccc2)CCO1. The third kappa shape index (κ3) is 2.01. The molecule has 1 unspecified atom stereocenters. The maximum absolute atomic E-state index is 5.59. The van der Waals surface area contributed by atoms with Gasteiger partial charge in [0.2, 0.25) is 0 Å². The van der Waals surface area contributed by atoms with E-state index in [0.29, 0.717) is 6.61 Å². The van der Waals surface area contributed by atoms with Crippen LogP contribution >= 0.6 is 0 Å². The summed E-state index contributed by atoms with van der Waals surface area (Å²) in [5.74, 6) is 0.916. The topological polar surface area (TPSA) is 18.5 Å². The highest BCUT2D eigenvalue weighted by Gasteiger charge is 2.33. The first-order chi connectivity index (χ1) is 6.29. The summed E-state index contributed by atoms with van der Waals surface area (Å²) in [6.07, 6.45) is 1.10. The van der Waals surface area contributed by atoms with Crippen molar-refractivity contribution in [2.45, 2.75) is 18.9 Å². The van der Waals surface area contributed by atoms with Gasteiger partial charge in [0.15, 0.2) is 0 Å². The molecule has 1 atom stereocenters. The summed E-state index contributed by atoms with van der Waals surface area (Å²) in [6.45, 7) is 3.60. The van der Waals surface area contributed by atoms with Crippen LogP contribution in [-0.4, -0.2) is 18.8 Å². The number of para-hydroxylation sites is 1. The van der Waals surface area contributed by atoms with E-state index in [-0.39, 0.29) is 5.60 Å². The molecule has 1 fully saturated rings. The van der Waals surface area contributed by atoms with E-state index < -0.39 is 0 Å².